The van der Waals surface area contributed by atoms with E-state index in [0.29, 0.717) is 22.6 Å². The molecule has 1 atom stereocenters. The van der Waals surface area contributed by atoms with Gasteiger partial charge in [0.15, 0.2) is 5.76 Å². The summed E-state index contributed by atoms with van der Waals surface area (Å²) in [7, 11) is 0. The second kappa shape index (κ2) is 7.55. The molecule has 0 saturated carbocycles. The van der Waals surface area contributed by atoms with Crippen molar-refractivity contribution in [2.24, 2.45) is 0 Å². The van der Waals surface area contributed by atoms with Crippen molar-refractivity contribution in [3.63, 3.8) is 0 Å². The van der Waals surface area contributed by atoms with Crippen molar-refractivity contribution in [2.45, 2.75) is 25.2 Å². The summed E-state index contributed by atoms with van der Waals surface area (Å²) < 4.78 is 16.4. The summed E-state index contributed by atoms with van der Waals surface area (Å²) in [5.41, 5.74) is 2.10. The van der Waals surface area contributed by atoms with Gasteiger partial charge in [-0.1, -0.05) is 30.0 Å². The topological polar surface area (TPSA) is 81.5 Å². The maximum atomic E-state index is 10.1. The van der Waals surface area contributed by atoms with Crippen molar-refractivity contribution in [1.82, 2.24) is 10.2 Å². The Morgan fingerprint density at radius 1 is 1.17 bits per heavy atom. The van der Waals surface area contributed by atoms with Gasteiger partial charge >= 0.3 is 0 Å². The van der Waals surface area contributed by atoms with E-state index in [9.17, 15) is 5.11 Å². The van der Waals surface area contributed by atoms with Crippen LogP contribution < -0.4 is 4.74 Å². The van der Waals surface area contributed by atoms with Gasteiger partial charge in [0.25, 0.3) is 11.1 Å². The molecule has 0 bridgehead atoms. The first-order valence-electron chi connectivity index (χ1n) is 7.50. The molecule has 1 aromatic carbocycles. The minimum atomic E-state index is -0.645. The molecule has 0 spiro atoms. The highest BCUT2D eigenvalue weighted by Gasteiger charge is 2.14. The Morgan fingerprint density at radius 2 is 1.96 bits per heavy atom. The zero-order valence-electron chi connectivity index (χ0n) is 13.4. The minimum Gasteiger partial charge on any atom is -0.490 e. The van der Waals surface area contributed by atoms with Gasteiger partial charge in [-0.15, -0.1) is 10.2 Å². The fraction of sp³-hybridized carbons (Fsp3) is 0.294. The summed E-state index contributed by atoms with van der Waals surface area (Å²) in [5.74, 6) is 2.06. The minimum absolute atomic E-state index is 0.206. The molecule has 0 saturated heterocycles. The van der Waals surface area contributed by atoms with Crippen LogP contribution in [0.4, 0.5) is 0 Å². The van der Waals surface area contributed by atoms with Gasteiger partial charge in [-0.25, -0.2) is 0 Å². The maximum absolute atomic E-state index is 10.1. The second-order valence-corrected chi connectivity index (χ2v) is 6.32. The zero-order valence-corrected chi connectivity index (χ0v) is 14.2. The third kappa shape index (κ3) is 3.98. The molecule has 0 amide bonds. The quantitative estimate of drug-likeness (QED) is 0.656. The zero-order chi connectivity index (χ0) is 16.9. The van der Waals surface area contributed by atoms with Crippen LogP contribution in [-0.2, 0) is 0 Å². The van der Waals surface area contributed by atoms with E-state index in [1.807, 2.05) is 32.0 Å². The predicted octanol–water partition coefficient (Wildman–Crippen LogP) is 3.48. The Morgan fingerprint density at radius 3 is 2.67 bits per heavy atom. The molecule has 0 aliphatic heterocycles. The standard InChI is InChI=1S/C17H18N2O4S/c1-11-5-3-6-12(2)15(11)22-9-13(20)10-24-17-19-18-16(23-17)14-7-4-8-21-14/h3-8,13,20H,9-10H2,1-2H3. The Bertz CT molecular complexity index is 766. The van der Waals surface area contributed by atoms with Crippen molar-refractivity contribution in [2.75, 3.05) is 12.4 Å². The van der Waals surface area contributed by atoms with Crippen LogP contribution in [0.3, 0.4) is 0 Å². The number of ether oxygens (including phenoxy) is 1. The Kier molecular flexibility index (Phi) is 5.22. The predicted molar refractivity (Wildman–Crippen MR) is 90.1 cm³/mol. The summed E-state index contributed by atoms with van der Waals surface area (Å²) in [5, 5.41) is 18.3. The molecule has 1 N–H and O–H groups in total. The fourth-order valence-corrected chi connectivity index (χ4v) is 2.86. The molecule has 126 valence electrons. The molecule has 6 nitrogen and oxygen atoms in total. The number of aliphatic hydroxyl groups excluding tert-OH is 1. The number of aromatic nitrogens is 2. The van der Waals surface area contributed by atoms with E-state index >= 15 is 0 Å². The van der Waals surface area contributed by atoms with Gasteiger partial charge < -0.3 is 18.7 Å². The highest BCUT2D eigenvalue weighted by atomic mass is 32.2. The molecule has 0 radical (unpaired) electrons. The van der Waals surface area contributed by atoms with E-state index in [0.717, 1.165) is 16.9 Å². The molecule has 1 unspecified atom stereocenters. The number of thioether (sulfide) groups is 1. The van der Waals surface area contributed by atoms with E-state index in [1.165, 1.54) is 11.8 Å². The highest BCUT2D eigenvalue weighted by Crippen LogP contribution is 2.25. The molecule has 0 aliphatic rings. The van der Waals surface area contributed by atoms with Crippen LogP contribution in [0.15, 0.2) is 50.7 Å². The van der Waals surface area contributed by atoms with Crippen LogP contribution in [-0.4, -0.2) is 33.8 Å². The summed E-state index contributed by atoms with van der Waals surface area (Å²) in [6.07, 6.45) is 0.897. The summed E-state index contributed by atoms with van der Waals surface area (Å²) >= 11 is 1.28. The molecule has 3 aromatic rings. The normalized spacial score (nSPS) is 12.3. The molecule has 3 rings (SSSR count). The number of nitrogens with zero attached hydrogens (tertiary/aromatic N) is 2. The SMILES string of the molecule is Cc1cccc(C)c1OCC(O)CSc1nnc(-c2ccco2)o1. The Balaban J connectivity index is 1.50. The summed E-state index contributed by atoms with van der Waals surface area (Å²) in [6.45, 7) is 4.17. The second-order valence-electron chi connectivity index (χ2n) is 5.35. The van der Waals surface area contributed by atoms with Crippen LogP contribution in [0.2, 0.25) is 0 Å². The van der Waals surface area contributed by atoms with Crippen LogP contribution in [0, 0.1) is 13.8 Å². The van der Waals surface area contributed by atoms with E-state index in [2.05, 4.69) is 10.2 Å². The number of aryl methyl sites for hydroxylation is 2. The lowest BCUT2D eigenvalue weighted by molar-refractivity contribution is 0.125. The van der Waals surface area contributed by atoms with Crippen molar-refractivity contribution >= 4 is 11.8 Å². The van der Waals surface area contributed by atoms with Gasteiger partial charge in [0, 0.05) is 5.75 Å². The summed E-state index contributed by atoms with van der Waals surface area (Å²) in [6, 6.07) is 9.45. The number of aliphatic hydroxyl groups is 1. The van der Waals surface area contributed by atoms with Gasteiger partial charge in [-0.05, 0) is 37.1 Å². The third-order valence-corrected chi connectivity index (χ3v) is 4.33. The van der Waals surface area contributed by atoms with E-state index < -0.39 is 6.10 Å². The monoisotopic (exact) mass is 346 g/mol. The van der Waals surface area contributed by atoms with E-state index in [-0.39, 0.29) is 6.61 Å². The smallest absolute Gasteiger partial charge is 0.284 e. The van der Waals surface area contributed by atoms with Crippen molar-refractivity contribution < 1.29 is 18.7 Å². The lowest BCUT2D eigenvalue weighted by Crippen LogP contribution is -2.20. The molecule has 0 fully saturated rings. The van der Waals surface area contributed by atoms with Gasteiger partial charge in [0.05, 0.1) is 12.4 Å². The Labute approximate surface area is 143 Å². The van der Waals surface area contributed by atoms with Crippen LogP contribution in [0.25, 0.3) is 11.7 Å². The fourth-order valence-electron chi connectivity index (χ4n) is 2.19. The lowest BCUT2D eigenvalue weighted by Gasteiger charge is -2.14. The van der Waals surface area contributed by atoms with E-state index in [4.69, 9.17) is 13.6 Å². The number of rotatable bonds is 7. The molecule has 2 heterocycles. The highest BCUT2D eigenvalue weighted by molar-refractivity contribution is 7.99. The number of furan rings is 1. The lowest BCUT2D eigenvalue weighted by atomic mass is 10.1. The average molecular weight is 346 g/mol. The number of para-hydroxylation sites is 1. The van der Waals surface area contributed by atoms with Gasteiger partial charge in [0.2, 0.25) is 0 Å². The molecule has 0 aliphatic carbocycles. The Hall–Kier alpha value is -2.25. The van der Waals surface area contributed by atoms with Gasteiger partial charge in [0.1, 0.15) is 12.4 Å². The third-order valence-electron chi connectivity index (χ3n) is 3.37. The first-order chi connectivity index (χ1) is 11.6. The van der Waals surface area contributed by atoms with E-state index in [1.54, 1.807) is 18.4 Å². The number of benzene rings is 1. The summed E-state index contributed by atoms with van der Waals surface area (Å²) in [4.78, 5) is 0. The number of hydrogen-bond acceptors (Lipinski definition) is 7. The molecule has 2 aromatic heterocycles. The maximum Gasteiger partial charge on any atom is 0.284 e. The molecular formula is C17H18N2O4S. The van der Waals surface area contributed by atoms with Crippen LogP contribution in [0.1, 0.15) is 11.1 Å². The average Bonchev–Trinajstić information content (AvgIpc) is 3.23. The largest absolute Gasteiger partial charge is 0.490 e. The molecular weight excluding hydrogens is 328 g/mol. The first kappa shape index (κ1) is 16.6. The van der Waals surface area contributed by atoms with Crippen molar-refractivity contribution in [3.8, 4) is 17.4 Å². The van der Waals surface area contributed by atoms with Crippen molar-refractivity contribution in [3.05, 3.63) is 47.7 Å². The van der Waals surface area contributed by atoms with Gasteiger partial charge in [-0.2, -0.15) is 0 Å². The number of hydrogen-bond donors (Lipinski definition) is 1. The first-order valence-corrected chi connectivity index (χ1v) is 8.49. The molecule has 24 heavy (non-hydrogen) atoms. The van der Waals surface area contributed by atoms with Gasteiger partial charge in [-0.3, -0.25) is 0 Å². The van der Waals surface area contributed by atoms with Crippen LogP contribution in [0.5, 0.6) is 5.75 Å². The molecule has 7 heteroatoms. The van der Waals surface area contributed by atoms with Crippen molar-refractivity contribution in [1.29, 1.82) is 0 Å². The van der Waals surface area contributed by atoms with Crippen LogP contribution >= 0.6 is 11.8 Å².